The average Bonchev–Trinajstić information content (AvgIpc) is 2.05. The van der Waals surface area contributed by atoms with Crippen LogP contribution in [0.2, 0.25) is 0 Å². The second-order valence-corrected chi connectivity index (χ2v) is 4.50. The maximum Gasteiger partial charge on any atom is 0.0370 e. The first-order valence-electron chi connectivity index (χ1n) is 5.57. The van der Waals surface area contributed by atoms with Gasteiger partial charge in [-0.15, -0.1) is 0 Å². The van der Waals surface area contributed by atoms with Crippen LogP contribution >= 0.6 is 0 Å². The van der Waals surface area contributed by atoms with E-state index in [0.717, 1.165) is 12.5 Å². The first kappa shape index (κ1) is 9.57. The fourth-order valence-electron chi connectivity index (χ4n) is 1.96. The van der Waals surface area contributed by atoms with E-state index >= 15 is 0 Å². The molecule has 0 aromatic heterocycles. The Labute approximate surface area is 86.5 Å². The molecule has 0 radical (unpaired) electrons. The molecule has 1 fully saturated rings. The van der Waals surface area contributed by atoms with Crippen molar-refractivity contribution in [1.82, 2.24) is 0 Å². The van der Waals surface area contributed by atoms with E-state index in [2.05, 4.69) is 37.4 Å². The molecule has 1 heteroatoms. The molecular formula is C13H19N. The monoisotopic (exact) mass is 189 g/mol. The molecule has 0 heterocycles. The highest BCUT2D eigenvalue weighted by molar-refractivity contribution is 5.51. The van der Waals surface area contributed by atoms with Gasteiger partial charge in [0.25, 0.3) is 0 Å². The fourth-order valence-corrected chi connectivity index (χ4v) is 1.96. The number of aryl methyl sites for hydroxylation is 2. The molecule has 0 unspecified atom stereocenters. The Balaban J connectivity index is 1.94. The number of anilines is 1. The number of benzene rings is 1. The number of hydrogen-bond donors (Lipinski definition) is 1. The van der Waals surface area contributed by atoms with E-state index in [9.17, 15) is 0 Å². The van der Waals surface area contributed by atoms with E-state index in [0.29, 0.717) is 0 Å². The van der Waals surface area contributed by atoms with Gasteiger partial charge in [0.2, 0.25) is 0 Å². The minimum atomic E-state index is 0.927. The number of nitrogens with one attached hydrogen (secondary N) is 1. The van der Waals surface area contributed by atoms with Crippen molar-refractivity contribution in [3.63, 3.8) is 0 Å². The van der Waals surface area contributed by atoms with Gasteiger partial charge in [0, 0.05) is 12.2 Å². The van der Waals surface area contributed by atoms with Crippen molar-refractivity contribution in [1.29, 1.82) is 0 Å². The van der Waals surface area contributed by atoms with Crippen LogP contribution in [0.4, 0.5) is 5.69 Å². The molecule has 76 valence electrons. The Hall–Kier alpha value is -0.980. The number of rotatable bonds is 3. The van der Waals surface area contributed by atoms with Gasteiger partial charge >= 0.3 is 0 Å². The minimum Gasteiger partial charge on any atom is -0.385 e. The highest BCUT2D eigenvalue weighted by atomic mass is 14.9. The van der Waals surface area contributed by atoms with Crippen molar-refractivity contribution in [2.75, 3.05) is 11.9 Å². The molecule has 1 saturated carbocycles. The topological polar surface area (TPSA) is 12.0 Å². The van der Waals surface area contributed by atoms with Gasteiger partial charge in [-0.3, -0.25) is 0 Å². The molecule has 0 saturated heterocycles. The van der Waals surface area contributed by atoms with Crippen LogP contribution in [0.5, 0.6) is 0 Å². The van der Waals surface area contributed by atoms with E-state index in [4.69, 9.17) is 0 Å². The standard InChI is InChI=1S/C13H19N/c1-10-6-7-13(11(2)8-10)14-9-12-4-3-5-12/h6-8,12,14H,3-5,9H2,1-2H3. The van der Waals surface area contributed by atoms with E-state index in [-0.39, 0.29) is 0 Å². The SMILES string of the molecule is Cc1ccc(NCC2CCC2)c(C)c1. The number of hydrogen-bond acceptors (Lipinski definition) is 1. The molecule has 0 aliphatic heterocycles. The van der Waals surface area contributed by atoms with Crippen LogP contribution in [0.1, 0.15) is 30.4 Å². The molecule has 0 bridgehead atoms. The van der Waals surface area contributed by atoms with Crippen molar-refractivity contribution >= 4 is 5.69 Å². The summed E-state index contributed by atoms with van der Waals surface area (Å²) in [5.74, 6) is 0.927. The Bertz CT molecular complexity index is 313. The van der Waals surface area contributed by atoms with E-state index in [1.54, 1.807) is 0 Å². The van der Waals surface area contributed by atoms with Crippen molar-refractivity contribution in [3.8, 4) is 0 Å². The lowest BCUT2D eigenvalue weighted by Crippen LogP contribution is -2.21. The third-order valence-corrected chi connectivity index (χ3v) is 3.19. The molecule has 1 nitrogen and oxygen atoms in total. The van der Waals surface area contributed by atoms with E-state index < -0.39 is 0 Å². The minimum absolute atomic E-state index is 0.927. The highest BCUT2D eigenvalue weighted by Gasteiger charge is 2.16. The van der Waals surface area contributed by atoms with Crippen molar-refractivity contribution in [2.24, 2.45) is 5.92 Å². The van der Waals surface area contributed by atoms with Gasteiger partial charge in [-0.25, -0.2) is 0 Å². The predicted molar refractivity (Wildman–Crippen MR) is 61.7 cm³/mol. The van der Waals surface area contributed by atoms with Crippen molar-refractivity contribution in [2.45, 2.75) is 33.1 Å². The summed E-state index contributed by atoms with van der Waals surface area (Å²) >= 11 is 0. The van der Waals surface area contributed by atoms with Gasteiger partial charge < -0.3 is 5.32 Å². The summed E-state index contributed by atoms with van der Waals surface area (Å²) in [5.41, 5.74) is 4.02. The summed E-state index contributed by atoms with van der Waals surface area (Å²) in [4.78, 5) is 0. The molecule has 1 N–H and O–H groups in total. The van der Waals surface area contributed by atoms with Crippen LogP contribution in [0, 0.1) is 19.8 Å². The zero-order chi connectivity index (χ0) is 9.97. The molecule has 0 spiro atoms. The highest BCUT2D eigenvalue weighted by Crippen LogP contribution is 2.27. The Kier molecular flexibility index (Phi) is 2.76. The van der Waals surface area contributed by atoms with Gasteiger partial charge in [-0.1, -0.05) is 24.1 Å². The van der Waals surface area contributed by atoms with E-state index in [1.165, 1.54) is 36.1 Å². The van der Waals surface area contributed by atoms with E-state index in [1.807, 2.05) is 0 Å². The van der Waals surface area contributed by atoms with Crippen LogP contribution in [0.15, 0.2) is 18.2 Å². The van der Waals surface area contributed by atoms with Gasteiger partial charge in [-0.05, 0) is 44.2 Å². The molecule has 1 aromatic rings. The smallest absolute Gasteiger partial charge is 0.0370 e. The normalized spacial score (nSPS) is 16.4. The quantitative estimate of drug-likeness (QED) is 0.767. The third-order valence-electron chi connectivity index (χ3n) is 3.19. The Morgan fingerprint density at radius 1 is 1.29 bits per heavy atom. The fraction of sp³-hybridized carbons (Fsp3) is 0.538. The molecule has 0 amide bonds. The van der Waals surface area contributed by atoms with Crippen LogP contribution in [-0.4, -0.2) is 6.54 Å². The molecule has 1 aromatic carbocycles. The summed E-state index contributed by atoms with van der Waals surface area (Å²) in [7, 11) is 0. The second kappa shape index (κ2) is 4.04. The predicted octanol–water partition coefficient (Wildman–Crippen LogP) is 3.52. The third kappa shape index (κ3) is 2.09. The first-order chi connectivity index (χ1) is 6.75. The first-order valence-corrected chi connectivity index (χ1v) is 5.57. The van der Waals surface area contributed by atoms with Crippen LogP contribution in [0.25, 0.3) is 0 Å². The zero-order valence-corrected chi connectivity index (χ0v) is 9.14. The van der Waals surface area contributed by atoms with Gasteiger partial charge in [-0.2, -0.15) is 0 Å². The Morgan fingerprint density at radius 3 is 2.64 bits per heavy atom. The van der Waals surface area contributed by atoms with Crippen LogP contribution in [-0.2, 0) is 0 Å². The van der Waals surface area contributed by atoms with Crippen molar-refractivity contribution in [3.05, 3.63) is 29.3 Å². The van der Waals surface area contributed by atoms with Crippen LogP contribution < -0.4 is 5.32 Å². The lowest BCUT2D eigenvalue weighted by molar-refractivity contribution is 0.333. The van der Waals surface area contributed by atoms with Crippen molar-refractivity contribution < 1.29 is 0 Å². The Morgan fingerprint density at radius 2 is 2.07 bits per heavy atom. The van der Waals surface area contributed by atoms with Crippen LogP contribution in [0.3, 0.4) is 0 Å². The summed E-state index contributed by atoms with van der Waals surface area (Å²) in [6.45, 7) is 5.47. The lowest BCUT2D eigenvalue weighted by Gasteiger charge is -2.26. The zero-order valence-electron chi connectivity index (χ0n) is 9.14. The molecule has 1 aliphatic rings. The molecule has 0 atom stereocenters. The summed E-state index contributed by atoms with van der Waals surface area (Å²) in [6, 6.07) is 6.61. The summed E-state index contributed by atoms with van der Waals surface area (Å²) in [6.07, 6.45) is 4.26. The second-order valence-electron chi connectivity index (χ2n) is 4.50. The molecule has 2 rings (SSSR count). The largest absolute Gasteiger partial charge is 0.385 e. The maximum atomic E-state index is 3.54. The van der Waals surface area contributed by atoms with Gasteiger partial charge in [0.1, 0.15) is 0 Å². The van der Waals surface area contributed by atoms with Gasteiger partial charge in [0.05, 0.1) is 0 Å². The molecular weight excluding hydrogens is 170 g/mol. The molecule has 14 heavy (non-hydrogen) atoms. The summed E-state index contributed by atoms with van der Waals surface area (Å²) in [5, 5.41) is 3.54. The lowest BCUT2D eigenvalue weighted by atomic mass is 9.85. The average molecular weight is 189 g/mol. The molecule has 1 aliphatic carbocycles. The maximum absolute atomic E-state index is 3.54. The summed E-state index contributed by atoms with van der Waals surface area (Å²) < 4.78 is 0. The van der Waals surface area contributed by atoms with Gasteiger partial charge in [0.15, 0.2) is 0 Å².